The van der Waals surface area contributed by atoms with Crippen LogP contribution in [-0.4, -0.2) is 30.1 Å². The summed E-state index contributed by atoms with van der Waals surface area (Å²) < 4.78 is 0. The van der Waals surface area contributed by atoms with Crippen molar-refractivity contribution in [3.05, 3.63) is 121 Å². The molecular formula is C33H25N7. The van der Waals surface area contributed by atoms with Gasteiger partial charge in [-0.25, -0.2) is 9.97 Å². The van der Waals surface area contributed by atoms with E-state index in [4.69, 9.17) is 9.97 Å². The summed E-state index contributed by atoms with van der Waals surface area (Å²) in [6.07, 6.45) is 3.58. The average Bonchev–Trinajstić information content (AvgIpc) is 3.61. The number of benzene rings is 3. The quantitative estimate of drug-likeness (QED) is 0.210. The van der Waals surface area contributed by atoms with Gasteiger partial charge in [-0.1, -0.05) is 78.9 Å². The summed E-state index contributed by atoms with van der Waals surface area (Å²) in [7, 11) is 0. The molecule has 0 saturated heterocycles. The Balaban J connectivity index is 1.25. The van der Waals surface area contributed by atoms with Crippen LogP contribution in [0.4, 0.5) is 5.69 Å². The fourth-order valence-electron chi connectivity index (χ4n) is 4.95. The lowest BCUT2D eigenvalue weighted by atomic mass is 10.0. The predicted octanol–water partition coefficient (Wildman–Crippen LogP) is 7.62. The monoisotopic (exact) mass is 519 g/mol. The van der Waals surface area contributed by atoms with Crippen molar-refractivity contribution in [3.8, 4) is 33.9 Å². The number of H-pyrrole nitrogens is 2. The minimum Gasteiger partial charge on any atom is -0.354 e. The number of imidazole rings is 1. The Morgan fingerprint density at radius 1 is 0.775 bits per heavy atom. The fraction of sp³-hybridized carbons (Fsp3) is 0.0303. The van der Waals surface area contributed by atoms with Gasteiger partial charge in [-0.15, -0.1) is 0 Å². The van der Waals surface area contributed by atoms with Crippen molar-refractivity contribution in [1.82, 2.24) is 30.1 Å². The normalized spacial score (nSPS) is 11.2. The van der Waals surface area contributed by atoms with Gasteiger partial charge in [0.2, 0.25) is 0 Å². The highest BCUT2D eigenvalue weighted by Gasteiger charge is 2.17. The van der Waals surface area contributed by atoms with Crippen LogP contribution in [0, 0.1) is 6.92 Å². The number of pyridine rings is 2. The molecule has 7 heteroatoms. The zero-order chi connectivity index (χ0) is 27.1. The average molecular weight is 520 g/mol. The van der Waals surface area contributed by atoms with Crippen molar-refractivity contribution in [1.29, 1.82) is 0 Å². The molecule has 0 unspecified atom stereocenters. The molecule has 192 valence electrons. The van der Waals surface area contributed by atoms with Crippen molar-refractivity contribution in [2.75, 3.05) is 5.32 Å². The number of rotatable bonds is 6. The van der Waals surface area contributed by atoms with Crippen LogP contribution in [-0.2, 0) is 0 Å². The molecule has 0 amide bonds. The van der Waals surface area contributed by atoms with Crippen LogP contribution >= 0.6 is 0 Å². The third-order valence-electron chi connectivity index (χ3n) is 6.93. The van der Waals surface area contributed by atoms with E-state index in [1.54, 1.807) is 12.4 Å². The van der Waals surface area contributed by atoms with Crippen LogP contribution in [0.25, 0.3) is 61.7 Å². The number of aromatic amines is 2. The summed E-state index contributed by atoms with van der Waals surface area (Å²) in [5.74, 6) is 0.665. The molecular weight excluding hydrogens is 494 g/mol. The summed E-state index contributed by atoms with van der Waals surface area (Å²) in [6.45, 7) is 6.27. The molecule has 3 N–H and O–H groups in total. The molecule has 7 nitrogen and oxygen atoms in total. The van der Waals surface area contributed by atoms with E-state index in [0.717, 1.165) is 61.4 Å². The molecule has 0 bridgehead atoms. The number of anilines is 1. The first-order chi connectivity index (χ1) is 19.6. The smallest absolute Gasteiger partial charge is 0.161 e. The molecule has 3 aromatic carbocycles. The lowest BCUT2D eigenvalue weighted by Crippen LogP contribution is -1.98. The second kappa shape index (κ2) is 9.63. The van der Waals surface area contributed by atoms with Crippen molar-refractivity contribution < 1.29 is 0 Å². The molecule has 0 atom stereocenters. The molecule has 0 saturated carbocycles. The van der Waals surface area contributed by atoms with Crippen LogP contribution in [0.15, 0.2) is 110 Å². The van der Waals surface area contributed by atoms with Gasteiger partial charge in [0.15, 0.2) is 11.5 Å². The van der Waals surface area contributed by atoms with Gasteiger partial charge >= 0.3 is 0 Å². The molecule has 4 aromatic heterocycles. The van der Waals surface area contributed by atoms with E-state index in [1.165, 1.54) is 5.56 Å². The zero-order valence-electron chi connectivity index (χ0n) is 21.8. The van der Waals surface area contributed by atoms with Gasteiger partial charge in [-0.3, -0.25) is 10.1 Å². The molecule has 0 spiro atoms. The highest BCUT2D eigenvalue weighted by atomic mass is 15.1. The van der Waals surface area contributed by atoms with Crippen molar-refractivity contribution in [3.63, 3.8) is 0 Å². The standard InChI is InChI=1S/C33H25N7/c1-20-8-6-11-23(16-20)26-12-7-13-28-30(26)38-33(37-28)32-31-29(39-40-32)15-14-27(36-31)24-17-25(19-34-18-24)35-21(2)22-9-4-3-5-10-22/h3-19,35H,2H2,1H3,(H,37,38)(H,39,40). The van der Waals surface area contributed by atoms with Gasteiger partial charge in [0, 0.05) is 23.0 Å². The van der Waals surface area contributed by atoms with Gasteiger partial charge in [0.25, 0.3) is 0 Å². The molecule has 0 radical (unpaired) electrons. The first kappa shape index (κ1) is 23.5. The van der Waals surface area contributed by atoms with Gasteiger partial charge in [-0.05, 0) is 42.3 Å². The number of fused-ring (bicyclic) bond motifs is 2. The molecule has 4 heterocycles. The Hall–Kier alpha value is -5.56. The highest BCUT2D eigenvalue weighted by molar-refractivity contribution is 5.96. The largest absolute Gasteiger partial charge is 0.354 e. The van der Waals surface area contributed by atoms with Gasteiger partial charge in [-0.2, -0.15) is 5.10 Å². The van der Waals surface area contributed by atoms with Crippen LogP contribution < -0.4 is 5.32 Å². The van der Waals surface area contributed by atoms with Crippen LogP contribution in [0.2, 0.25) is 0 Å². The van der Waals surface area contributed by atoms with E-state index in [2.05, 4.69) is 69.3 Å². The summed E-state index contributed by atoms with van der Waals surface area (Å²) in [5, 5.41) is 11.0. The summed E-state index contributed by atoms with van der Waals surface area (Å²) in [4.78, 5) is 17.9. The van der Waals surface area contributed by atoms with E-state index in [1.807, 2.05) is 60.7 Å². The lowest BCUT2D eigenvalue weighted by Gasteiger charge is -2.10. The Morgan fingerprint density at radius 2 is 1.65 bits per heavy atom. The third kappa shape index (κ3) is 4.29. The van der Waals surface area contributed by atoms with Crippen LogP contribution in [0.1, 0.15) is 11.1 Å². The highest BCUT2D eigenvalue weighted by Crippen LogP contribution is 2.32. The van der Waals surface area contributed by atoms with E-state index >= 15 is 0 Å². The Bertz CT molecular complexity index is 2020. The zero-order valence-corrected chi connectivity index (χ0v) is 21.8. The molecule has 0 aliphatic carbocycles. The van der Waals surface area contributed by atoms with E-state index in [9.17, 15) is 0 Å². The number of hydrogen-bond donors (Lipinski definition) is 3. The molecule has 0 aliphatic heterocycles. The van der Waals surface area contributed by atoms with Crippen molar-refractivity contribution in [2.45, 2.75) is 6.92 Å². The van der Waals surface area contributed by atoms with Gasteiger partial charge in [0.05, 0.1) is 34.1 Å². The third-order valence-corrected chi connectivity index (χ3v) is 6.93. The molecule has 40 heavy (non-hydrogen) atoms. The first-order valence-corrected chi connectivity index (χ1v) is 13.0. The summed E-state index contributed by atoms with van der Waals surface area (Å²) >= 11 is 0. The minimum atomic E-state index is 0.665. The number of hydrogen-bond acceptors (Lipinski definition) is 5. The Kier molecular flexibility index (Phi) is 5.67. The lowest BCUT2D eigenvalue weighted by molar-refractivity contribution is 1.10. The van der Waals surface area contributed by atoms with Gasteiger partial charge < -0.3 is 10.3 Å². The Labute approximate surface area is 230 Å². The SMILES string of the molecule is C=C(Nc1cncc(-c2ccc3[nH]nc(-c4nc5c(-c6cccc(C)c6)cccc5[nH]4)c3n2)c1)c1ccccc1. The van der Waals surface area contributed by atoms with E-state index in [0.29, 0.717) is 11.5 Å². The maximum atomic E-state index is 4.98. The van der Waals surface area contributed by atoms with Gasteiger partial charge in [0.1, 0.15) is 5.52 Å². The number of aromatic nitrogens is 6. The van der Waals surface area contributed by atoms with Crippen molar-refractivity contribution in [2.24, 2.45) is 0 Å². The van der Waals surface area contributed by atoms with E-state index < -0.39 is 0 Å². The molecule has 7 rings (SSSR count). The number of nitrogens with one attached hydrogen (secondary N) is 3. The maximum Gasteiger partial charge on any atom is 0.161 e. The fourth-order valence-corrected chi connectivity index (χ4v) is 4.95. The molecule has 0 aliphatic rings. The first-order valence-electron chi connectivity index (χ1n) is 13.0. The summed E-state index contributed by atoms with van der Waals surface area (Å²) in [5.41, 5.74) is 11.8. The molecule has 7 aromatic rings. The second-order valence-electron chi connectivity index (χ2n) is 9.75. The number of nitrogens with zero attached hydrogens (tertiary/aromatic N) is 4. The Morgan fingerprint density at radius 3 is 2.52 bits per heavy atom. The number of para-hydroxylation sites is 1. The molecule has 0 fully saturated rings. The second-order valence-corrected chi connectivity index (χ2v) is 9.75. The minimum absolute atomic E-state index is 0.665. The maximum absolute atomic E-state index is 4.98. The van der Waals surface area contributed by atoms with Crippen molar-refractivity contribution >= 4 is 33.5 Å². The number of aryl methyl sites for hydroxylation is 1. The summed E-state index contributed by atoms with van der Waals surface area (Å²) in [6, 6.07) is 30.6. The van der Waals surface area contributed by atoms with Crippen LogP contribution in [0.5, 0.6) is 0 Å². The predicted molar refractivity (Wildman–Crippen MR) is 161 cm³/mol. The van der Waals surface area contributed by atoms with E-state index in [-0.39, 0.29) is 0 Å². The topological polar surface area (TPSA) is 95.2 Å². The van der Waals surface area contributed by atoms with Crippen LogP contribution in [0.3, 0.4) is 0 Å².